The molecule has 2 aromatic carbocycles. The van der Waals surface area contributed by atoms with Gasteiger partial charge in [0.15, 0.2) is 0 Å². The molecule has 1 fully saturated rings. The number of carbonyl (C=O) groups is 1. The van der Waals surface area contributed by atoms with Crippen molar-refractivity contribution in [3.63, 3.8) is 0 Å². The summed E-state index contributed by atoms with van der Waals surface area (Å²) in [5.74, 6) is 1.08. The lowest BCUT2D eigenvalue weighted by molar-refractivity contribution is -0.118. The van der Waals surface area contributed by atoms with E-state index in [2.05, 4.69) is 26.1 Å². The quantitative estimate of drug-likeness (QED) is 0.716. The van der Waals surface area contributed by atoms with Gasteiger partial charge in [-0.15, -0.1) is 0 Å². The third-order valence-electron chi connectivity index (χ3n) is 5.79. The lowest BCUT2D eigenvalue weighted by atomic mass is 9.92. The van der Waals surface area contributed by atoms with Gasteiger partial charge >= 0.3 is 0 Å². The summed E-state index contributed by atoms with van der Waals surface area (Å²) in [5, 5.41) is 2.82. The van der Waals surface area contributed by atoms with Crippen LogP contribution in [0.2, 0.25) is 0 Å². The van der Waals surface area contributed by atoms with E-state index in [1.54, 1.807) is 6.07 Å². The molecule has 1 amide bonds. The fourth-order valence-corrected chi connectivity index (χ4v) is 3.89. The Balaban J connectivity index is 1.86. The van der Waals surface area contributed by atoms with Crippen LogP contribution in [-0.4, -0.2) is 24.8 Å². The Labute approximate surface area is 172 Å². The zero-order chi connectivity index (χ0) is 21.0. The average Bonchev–Trinajstić information content (AvgIpc) is 2.96. The lowest BCUT2D eigenvalue weighted by Gasteiger charge is -2.20. The van der Waals surface area contributed by atoms with Crippen LogP contribution in [0.1, 0.15) is 39.7 Å². The van der Waals surface area contributed by atoms with Crippen molar-refractivity contribution in [3.8, 4) is 16.9 Å². The monoisotopic (exact) mass is 399 g/mol. The molecule has 1 heterocycles. The summed E-state index contributed by atoms with van der Waals surface area (Å²) in [6.07, 6.45) is 1.52. The van der Waals surface area contributed by atoms with Crippen LogP contribution in [0.25, 0.3) is 11.1 Å². The second-order valence-corrected chi connectivity index (χ2v) is 7.85. The number of benzene rings is 2. The highest BCUT2D eigenvalue weighted by molar-refractivity contribution is 5.73. The highest BCUT2D eigenvalue weighted by Crippen LogP contribution is 2.36. The van der Waals surface area contributed by atoms with Crippen molar-refractivity contribution < 1.29 is 18.7 Å². The van der Waals surface area contributed by atoms with E-state index in [9.17, 15) is 9.18 Å². The maximum absolute atomic E-state index is 13.8. The van der Waals surface area contributed by atoms with Crippen LogP contribution >= 0.6 is 0 Å². The Bertz CT molecular complexity index is 854. The van der Waals surface area contributed by atoms with Gasteiger partial charge in [-0.05, 0) is 59.7 Å². The van der Waals surface area contributed by atoms with E-state index in [-0.39, 0.29) is 30.0 Å². The third kappa shape index (κ3) is 5.15. The molecule has 29 heavy (non-hydrogen) atoms. The summed E-state index contributed by atoms with van der Waals surface area (Å²) in [6, 6.07) is 12.4. The highest BCUT2D eigenvalue weighted by Gasteiger charge is 2.39. The van der Waals surface area contributed by atoms with Crippen molar-refractivity contribution in [2.24, 2.45) is 11.8 Å². The zero-order valence-corrected chi connectivity index (χ0v) is 17.6. The normalized spacial score (nSPS) is 23.8. The molecule has 0 spiro atoms. The molecule has 1 aliphatic rings. The molecule has 0 aliphatic carbocycles. The van der Waals surface area contributed by atoms with Crippen LogP contribution in [0.4, 0.5) is 4.39 Å². The van der Waals surface area contributed by atoms with Crippen LogP contribution < -0.4 is 10.1 Å². The van der Waals surface area contributed by atoms with Crippen LogP contribution in [0.5, 0.6) is 5.75 Å². The van der Waals surface area contributed by atoms with Crippen LogP contribution in [0.15, 0.2) is 42.5 Å². The summed E-state index contributed by atoms with van der Waals surface area (Å²) < 4.78 is 26.1. The van der Waals surface area contributed by atoms with Gasteiger partial charge in [0, 0.05) is 19.4 Å². The number of hydrogen-bond donors (Lipinski definition) is 1. The first-order valence-corrected chi connectivity index (χ1v) is 10.3. The maximum atomic E-state index is 13.8. The van der Waals surface area contributed by atoms with E-state index in [0.29, 0.717) is 24.6 Å². The largest absolute Gasteiger partial charge is 0.465 e. The number of halogens is 1. The highest BCUT2D eigenvalue weighted by atomic mass is 19.1. The molecule has 1 N–H and O–H groups in total. The van der Waals surface area contributed by atoms with Crippen LogP contribution in [-0.2, 0) is 16.0 Å². The number of rotatable bonds is 7. The van der Waals surface area contributed by atoms with Crippen molar-refractivity contribution >= 4 is 5.91 Å². The maximum Gasteiger partial charge on any atom is 0.216 e. The number of nitrogens with one attached hydrogen (secondary N) is 1. The number of hydrogen-bond acceptors (Lipinski definition) is 3. The zero-order valence-electron chi connectivity index (χ0n) is 17.6. The van der Waals surface area contributed by atoms with E-state index in [0.717, 1.165) is 23.1 Å². The fourth-order valence-electron chi connectivity index (χ4n) is 3.89. The van der Waals surface area contributed by atoms with Gasteiger partial charge in [-0.25, -0.2) is 4.39 Å². The van der Waals surface area contributed by atoms with Crippen molar-refractivity contribution in [3.05, 3.63) is 53.8 Å². The van der Waals surface area contributed by atoms with Crippen LogP contribution in [0.3, 0.4) is 0 Å². The first-order valence-electron chi connectivity index (χ1n) is 10.3. The summed E-state index contributed by atoms with van der Waals surface area (Å²) in [6.45, 7) is 8.50. The van der Waals surface area contributed by atoms with E-state index >= 15 is 0 Å². The van der Waals surface area contributed by atoms with Gasteiger partial charge in [-0.1, -0.05) is 39.0 Å². The topological polar surface area (TPSA) is 47.6 Å². The smallest absolute Gasteiger partial charge is 0.216 e. The predicted octanol–water partition coefficient (Wildman–Crippen LogP) is 4.96. The molecule has 2 aromatic rings. The Kier molecular flexibility index (Phi) is 6.91. The van der Waals surface area contributed by atoms with Crippen molar-refractivity contribution in [1.29, 1.82) is 0 Å². The molecule has 1 aliphatic heterocycles. The van der Waals surface area contributed by atoms with Gasteiger partial charge in [0.05, 0.1) is 6.10 Å². The molecule has 0 saturated carbocycles. The van der Waals surface area contributed by atoms with E-state index in [4.69, 9.17) is 9.47 Å². The number of carbonyl (C=O) groups excluding carboxylic acids is 1. The number of ether oxygens (including phenoxy) is 2. The lowest BCUT2D eigenvalue weighted by Crippen LogP contribution is -2.23. The van der Waals surface area contributed by atoms with Gasteiger partial charge in [-0.3, -0.25) is 4.79 Å². The minimum absolute atomic E-state index is 0.0655. The molecule has 3 rings (SSSR count). The number of amides is 1. The van der Waals surface area contributed by atoms with E-state index in [1.807, 2.05) is 24.3 Å². The van der Waals surface area contributed by atoms with E-state index < -0.39 is 0 Å². The molecule has 1 saturated heterocycles. The Hall–Kier alpha value is -2.40. The fraction of sp³-hybridized carbons (Fsp3) is 0.458. The second-order valence-electron chi connectivity index (χ2n) is 7.85. The summed E-state index contributed by atoms with van der Waals surface area (Å²) in [4.78, 5) is 11.2. The van der Waals surface area contributed by atoms with E-state index in [1.165, 1.54) is 19.1 Å². The first kappa shape index (κ1) is 21.3. The average molecular weight is 400 g/mol. The minimum Gasteiger partial charge on any atom is -0.465 e. The van der Waals surface area contributed by atoms with Gasteiger partial charge in [0.1, 0.15) is 11.6 Å². The van der Waals surface area contributed by atoms with Crippen molar-refractivity contribution in [1.82, 2.24) is 5.32 Å². The van der Waals surface area contributed by atoms with Crippen molar-refractivity contribution in [2.45, 2.75) is 52.9 Å². The summed E-state index contributed by atoms with van der Waals surface area (Å²) >= 11 is 0. The molecular weight excluding hydrogens is 369 g/mol. The second kappa shape index (κ2) is 9.40. The Morgan fingerprint density at radius 1 is 1.17 bits per heavy atom. The SMILES string of the molecule is CC[C@H]1OC(Oc2ccc(CCNC(C)=O)c(-c3cccc(F)c3)c2)[C@H](C)[C@@H]1C. The Morgan fingerprint density at radius 3 is 2.62 bits per heavy atom. The van der Waals surface area contributed by atoms with Gasteiger partial charge in [0.2, 0.25) is 12.2 Å². The molecule has 0 bridgehead atoms. The van der Waals surface area contributed by atoms with Crippen LogP contribution in [0, 0.1) is 17.7 Å². The molecule has 1 unspecified atom stereocenters. The van der Waals surface area contributed by atoms with Gasteiger partial charge in [-0.2, -0.15) is 0 Å². The Morgan fingerprint density at radius 2 is 1.97 bits per heavy atom. The molecule has 0 aromatic heterocycles. The summed E-state index contributed by atoms with van der Waals surface area (Å²) in [7, 11) is 0. The minimum atomic E-state index is -0.291. The molecule has 4 atom stereocenters. The molecule has 156 valence electrons. The molecule has 5 heteroatoms. The molecule has 4 nitrogen and oxygen atoms in total. The van der Waals surface area contributed by atoms with Gasteiger partial charge < -0.3 is 14.8 Å². The molecule has 0 radical (unpaired) electrons. The summed E-state index contributed by atoms with van der Waals surface area (Å²) in [5.41, 5.74) is 2.71. The first-order chi connectivity index (χ1) is 13.9. The third-order valence-corrected chi connectivity index (χ3v) is 5.79. The standard InChI is InChI=1S/C24H30FNO3/c1-5-23-15(2)16(3)24(29-23)28-21-10-9-18(11-12-26-17(4)27)22(14-21)19-7-6-8-20(25)13-19/h6-10,13-16,23-24H,5,11-12H2,1-4H3,(H,26,27)/t15-,16+,23+,24?/m0/s1. The predicted molar refractivity (Wildman–Crippen MR) is 112 cm³/mol. The van der Waals surface area contributed by atoms with Gasteiger partial charge in [0.25, 0.3) is 0 Å². The van der Waals surface area contributed by atoms with Crippen molar-refractivity contribution in [2.75, 3.05) is 6.54 Å². The molecular formula is C24H30FNO3.